The van der Waals surface area contributed by atoms with E-state index in [2.05, 4.69) is 15.0 Å². The number of aromatic nitrogens is 4. The molecule has 0 bridgehead atoms. The Kier molecular flexibility index (Phi) is 7.35. The number of hydrogen-bond donors (Lipinski definition) is 2. The quantitative estimate of drug-likeness (QED) is 0.240. The number of nitrogens with two attached hydrogens (primary N) is 1. The molecule has 0 radical (unpaired) electrons. The van der Waals surface area contributed by atoms with E-state index in [0.717, 1.165) is 29.9 Å². The number of amides is 1. The summed E-state index contributed by atoms with van der Waals surface area (Å²) in [6, 6.07) is 11.5. The molecule has 1 amide bonds. The van der Waals surface area contributed by atoms with Crippen molar-refractivity contribution in [3.05, 3.63) is 93.2 Å². The monoisotopic (exact) mass is 591 g/mol. The number of primary amides is 1. The van der Waals surface area contributed by atoms with Gasteiger partial charge in [-0.2, -0.15) is 0 Å². The molecule has 10 nitrogen and oxygen atoms in total. The highest BCUT2D eigenvalue weighted by Gasteiger charge is 2.24. The molecule has 1 aliphatic rings. The van der Waals surface area contributed by atoms with Crippen LogP contribution in [-0.2, 0) is 24.3 Å². The number of pyridine rings is 1. The highest BCUT2D eigenvalue weighted by molar-refractivity contribution is 7.13. The van der Waals surface area contributed by atoms with E-state index < -0.39 is 23.5 Å². The molecule has 6 rings (SSSR count). The zero-order chi connectivity index (χ0) is 29.4. The minimum absolute atomic E-state index is 0.0223. The molecule has 42 heavy (non-hydrogen) atoms. The van der Waals surface area contributed by atoms with Crippen LogP contribution in [0.4, 0.5) is 8.78 Å². The summed E-state index contributed by atoms with van der Waals surface area (Å²) in [6.07, 6.45) is 2.22. The van der Waals surface area contributed by atoms with Crippen LogP contribution in [0.15, 0.2) is 54.7 Å². The van der Waals surface area contributed by atoms with Gasteiger partial charge in [-0.3, -0.25) is 4.79 Å². The SMILES string of the molecule is NC(=O)c1ncc(COc2cccc(-c3cc(F)c(Cc4nc5ccc(C(=O)O)cc5n4C[C@@H]4CCO4)cc3F)n2)s1. The van der Waals surface area contributed by atoms with Crippen LogP contribution < -0.4 is 10.5 Å². The lowest BCUT2D eigenvalue weighted by atomic mass is 10.0. The van der Waals surface area contributed by atoms with E-state index in [0.29, 0.717) is 34.9 Å². The minimum atomic E-state index is -1.07. The van der Waals surface area contributed by atoms with E-state index >= 15 is 8.78 Å². The highest BCUT2D eigenvalue weighted by atomic mass is 32.1. The van der Waals surface area contributed by atoms with Gasteiger partial charge in [-0.15, -0.1) is 11.3 Å². The summed E-state index contributed by atoms with van der Waals surface area (Å²) < 4.78 is 43.9. The number of carboxylic acids is 1. The fraction of sp³-hybridized carbons (Fsp3) is 0.207. The second-order valence-corrected chi connectivity index (χ2v) is 10.8. The highest BCUT2D eigenvalue weighted by Crippen LogP contribution is 2.29. The van der Waals surface area contributed by atoms with Crippen molar-refractivity contribution in [3.63, 3.8) is 0 Å². The van der Waals surface area contributed by atoms with Gasteiger partial charge in [0.2, 0.25) is 5.88 Å². The lowest BCUT2D eigenvalue weighted by molar-refractivity contribution is -0.0589. The third kappa shape index (κ3) is 5.56. The molecule has 214 valence electrons. The summed E-state index contributed by atoms with van der Waals surface area (Å²) in [5, 5.41) is 9.60. The number of fused-ring (bicyclic) bond motifs is 1. The summed E-state index contributed by atoms with van der Waals surface area (Å²) in [5.41, 5.74) is 6.69. The number of thiazole rings is 1. The molecule has 3 aromatic heterocycles. The number of benzene rings is 2. The van der Waals surface area contributed by atoms with Crippen molar-refractivity contribution in [1.82, 2.24) is 19.5 Å². The number of carbonyl (C=O) groups excluding carboxylic acids is 1. The van der Waals surface area contributed by atoms with E-state index in [1.165, 1.54) is 18.3 Å². The first-order chi connectivity index (χ1) is 20.2. The largest absolute Gasteiger partial charge is 0.478 e. The molecule has 1 saturated heterocycles. The second kappa shape index (κ2) is 11.3. The van der Waals surface area contributed by atoms with Gasteiger partial charge in [-0.1, -0.05) is 6.07 Å². The number of halogens is 2. The van der Waals surface area contributed by atoms with Gasteiger partial charge in [0.1, 0.15) is 24.1 Å². The molecule has 4 heterocycles. The summed E-state index contributed by atoms with van der Waals surface area (Å²) in [7, 11) is 0. The Hall–Kier alpha value is -4.75. The Balaban J connectivity index is 1.26. The van der Waals surface area contributed by atoms with Crippen molar-refractivity contribution in [2.24, 2.45) is 5.73 Å². The van der Waals surface area contributed by atoms with Gasteiger partial charge in [0.05, 0.1) is 39.8 Å². The number of ether oxygens (including phenoxy) is 2. The number of nitrogens with zero attached hydrogens (tertiary/aromatic N) is 4. The Morgan fingerprint density at radius 1 is 1.14 bits per heavy atom. The Morgan fingerprint density at radius 2 is 1.98 bits per heavy atom. The molecule has 0 unspecified atom stereocenters. The predicted molar refractivity (Wildman–Crippen MR) is 148 cm³/mol. The molecule has 13 heteroatoms. The maximum Gasteiger partial charge on any atom is 0.335 e. The zero-order valence-electron chi connectivity index (χ0n) is 21.9. The van der Waals surface area contributed by atoms with Crippen molar-refractivity contribution in [3.8, 4) is 17.1 Å². The molecule has 5 aromatic rings. The summed E-state index contributed by atoms with van der Waals surface area (Å²) in [5.74, 6) is -2.39. The number of carbonyl (C=O) groups is 2. The molecule has 3 N–H and O–H groups in total. The van der Waals surface area contributed by atoms with Crippen LogP contribution in [0.2, 0.25) is 0 Å². The van der Waals surface area contributed by atoms with Gasteiger partial charge < -0.3 is 24.9 Å². The predicted octanol–water partition coefficient (Wildman–Crippen LogP) is 4.59. The van der Waals surface area contributed by atoms with E-state index in [1.54, 1.807) is 24.3 Å². The van der Waals surface area contributed by atoms with E-state index in [9.17, 15) is 14.7 Å². The molecule has 2 aromatic carbocycles. The molecule has 1 atom stereocenters. The molecule has 0 spiro atoms. The number of carboxylic acid groups (broad SMARTS) is 1. The lowest BCUT2D eigenvalue weighted by Crippen LogP contribution is -2.31. The molecule has 0 aliphatic carbocycles. The van der Waals surface area contributed by atoms with Gasteiger partial charge >= 0.3 is 5.97 Å². The van der Waals surface area contributed by atoms with Crippen LogP contribution in [0.1, 0.15) is 42.8 Å². The van der Waals surface area contributed by atoms with Crippen LogP contribution in [0, 0.1) is 11.6 Å². The van der Waals surface area contributed by atoms with Crippen molar-refractivity contribution in [2.75, 3.05) is 6.61 Å². The Bertz CT molecular complexity index is 1830. The standard InChI is InChI=1S/C29H23F2N5O5S/c30-20-11-19(22-2-1-3-26(35-22)41-14-18-12-33-28(42-18)27(32)37)21(31)8-16(20)10-25-34-23-5-4-15(29(38)39)9-24(23)36(25)13-17-6-7-40-17/h1-5,8-9,11-12,17H,6-7,10,13-14H2,(H2,32,37)(H,38,39)/t17-/m0/s1. The maximum absolute atomic E-state index is 15.4. The first kappa shape index (κ1) is 27.4. The minimum Gasteiger partial charge on any atom is -0.478 e. The maximum atomic E-state index is 15.4. The van der Waals surface area contributed by atoms with E-state index in [1.807, 2.05) is 4.57 Å². The molecule has 1 aliphatic heterocycles. The Morgan fingerprint density at radius 3 is 2.69 bits per heavy atom. The van der Waals surface area contributed by atoms with E-state index in [4.69, 9.17) is 15.2 Å². The van der Waals surface area contributed by atoms with Gasteiger partial charge in [0, 0.05) is 30.9 Å². The van der Waals surface area contributed by atoms with Crippen LogP contribution in [0.5, 0.6) is 5.88 Å². The first-order valence-electron chi connectivity index (χ1n) is 12.9. The molecule has 1 fully saturated rings. The first-order valence-corrected chi connectivity index (χ1v) is 13.7. The van der Waals surface area contributed by atoms with Crippen LogP contribution in [0.3, 0.4) is 0 Å². The fourth-order valence-electron chi connectivity index (χ4n) is 4.65. The summed E-state index contributed by atoms with van der Waals surface area (Å²) in [4.78, 5) is 36.3. The average Bonchev–Trinajstić information content (AvgIpc) is 3.56. The van der Waals surface area contributed by atoms with Gasteiger partial charge in [0.25, 0.3) is 5.91 Å². The fourth-order valence-corrected chi connectivity index (χ4v) is 5.32. The second-order valence-electron chi connectivity index (χ2n) is 9.67. The van der Waals surface area contributed by atoms with Crippen molar-refractivity contribution in [1.29, 1.82) is 0 Å². The molecule has 0 saturated carbocycles. The van der Waals surface area contributed by atoms with Crippen molar-refractivity contribution in [2.45, 2.75) is 32.1 Å². The third-order valence-corrected chi connectivity index (χ3v) is 7.85. The average molecular weight is 592 g/mol. The zero-order valence-corrected chi connectivity index (χ0v) is 22.7. The van der Waals surface area contributed by atoms with E-state index in [-0.39, 0.29) is 52.4 Å². The van der Waals surface area contributed by atoms with Crippen LogP contribution in [-0.4, -0.2) is 49.2 Å². The lowest BCUT2D eigenvalue weighted by Gasteiger charge is -2.27. The smallest absolute Gasteiger partial charge is 0.335 e. The molecular formula is C29H23F2N5O5S. The number of rotatable bonds is 10. The summed E-state index contributed by atoms with van der Waals surface area (Å²) >= 11 is 1.09. The summed E-state index contributed by atoms with van der Waals surface area (Å²) in [6.45, 7) is 1.12. The number of hydrogen-bond acceptors (Lipinski definition) is 8. The van der Waals surface area contributed by atoms with Crippen LogP contribution >= 0.6 is 11.3 Å². The Labute approximate surface area is 241 Å². The number of aromatic carboxylic acids is 1. The van der Waals surface area contributed by atoms with Crippen molar-refractivity contribution < 1.29 is 33.0 Å². The van der Waals surface area contributed by atoms with Crippen LogP contribution in [0.25, 0.3) is 22.3 Å². The van der Waals surface area contributed by atoms with Gasteiger partial charge in [-0.25, -0.2) is 28.5 Å². The van der Waals surface area contributed by atoms with Crippen molar-refractivity contribution >= 4 is 34.2 Å². The van der Waals surface area contributed by atoms with Gasteiger partial charge in [-0.05, 0) is 48.4 Å². The third-order valence-electron chi connectivity index (χ3n) is 6.86. The van der Waals surface area contributed by atoms with Gasteiger partial charge in [0.15, 0.2) is 5.01 Å². The number of imidazole rings is 1. The molecular weight excluding hydrogens is 568 g/mol. The normalized spacial score (nSPS) is 14.6. The topological polar surface area (TPSA) is 142 Å².